The number of thiophene rings is 1. The second-order valence-electron chi connectivity index (χ2n) is 3.62. The molecular formula is C12H15NOS. The van der Waals surface area contributed by atoms with Crippen LogP contribution in [0, 0.1) is 0 Å². The summed E-state index contributed by atoms with van der Waals surface area (Å²) in [6.07, 6.45) is 0.820. The average molecular weight is 221 g/mol. The van der Waals surface area contributed by atoms with Crippen molar-refractivity contribution in [3.8, 4) is 0 Å². The molecule has 0 aliphatic heterocycles. The lowest BCUT2D eigenvalue weighted by molar-refractivity contribution is 0.290. The quantitative estimate of drug-likeness (QED) is 0.858. The van der Waals surface area contributed by atoms with Crippen molar-refractivity contribution in [3.05, 3.63) is 29.6 Å². The van der Waals surface area contributed by atoms with Gasteiger partial charge in [-0.25, -0.2) is 0 Å². The van der Waals surface area contributed by atoms with Crippen LogP contribution < -0.4 is 4.90 Å². The molecular weight excluding hydrogens is 206 g/mol. The number of benzene rings is 1. The van der Waals surface area contributed by atoms with Gasteiger partial charge in [-0.05, 0) is 12.5 Å². The number of hydrogen-bond donors (Lipinski definition) is 1. The summed E-state index contributed by atoms with van der Waals surface area (Å²) in [5.41, 5.74) is 1.27. The molecule has 3 heteroatoms. The van der Waals surface area contributed by atoms with E-state index in [9.17, 15) is 0 Å². The smallest absolute Gasteiger partial charge is 0.0552 e. The largest absolute Gasteiger partial charge is 0.396 e. The Morgan fingerprint density at radius 1 is 1.33 bits per heavy atom. The Balaban J connectivity index is 2.27. The SMILES string of the molecule is CN(CCCO)c1csc2ccccc12. The Morgan fingerprint density at radius 2 is 2.13 bits per heavy atom. The highest BCUT2D eigenvalue weighted by Gasteiger charge is 2.06. The highest BCUT2D eigenvalue weighted by molar-refractivity contribution is 7.17. The van der Waals surface area contributed by atoms with E-state index in [0.29, 0.717) is 0 Å². The summed E-state index contributed by atoms with van der Waals surface area (Å²) in [7, 11) is 2.07. The van der Waals surface area contributed by atoms with Gasteiger partial charge >= 0.3 is 0 Å². The van der Waals surface area contributed by atoms with E-state index in [1.807, 2.05) is 0 Å². The highest BCUT2D eigenvalue weighted by atomic mass is 32.1. The third-order valence-electron chi connectivity index (χ3n) is 2.52. The molecule has 0 fully saturated rings. The maximum absolute atomic E-state index is 8.80. The summed E-state index contributed by atoms with van der Waals surface area (Å²) < 4.78 is 1.32. The lowest BCUT2D eigenvalue weighted by Crippen LogP contribution is -2.18. The van der Waals surface area contributed by atoms with Crippen LogP contribution >= 0.6 is 11.3 Å². The first-order valence-electron chi connectivity index (χ1n) is 5.11. The molecule has 1 aromatic heterocycles. The summed E-state index contributed by atoms with van der Waals surface area (Å²) in [4.78, 5) is 2.20. The van der Waals surface area contributed by atoms with Crippen LogP contribution in [0.3, 0.4) is 0 Å². The molecule has 0 aliphatic rings. The summed E-state index contributed by atoms with van der Waals surface area (Å²) in [6, 6.07) is 8.43. The number of aliphatic hydroxyl groups excluding tert-OH is 1. The molecule has 2 nitrogen and oxygen atoms in total. The van der Waals surface area contributed by atoms with Gasteiger partial charge in [0.2, 0.25) is 0 Å². The van der Waals surface area contributed by atoms with Crippen molar-refractivity contribution in [3.63, 3.8) is 0 Å². The van der Waals surface area contributed by atoms with Gasteiger partial charge in [0.05, 0.1) is 5.69 Å². The minimum atomic E-state index is 0.256. The van der Waals surface area contributed by atoms with E-state index in [-0.39, 0.29) is 6.61 Å². The van der Waals surface area contributed by atoms with E-state index in [1.54, 1.807) is 11.3 Å². The van der Waals surface area contributed by atoms with Crippen LogP contribution in [0.5, 0.6) is 0 Å². The molecule has 80 valence electrons. The molecule has 2 rings (SSSR count). The van der Waals surface area contributed by atoms with Crippen LogP contribution in [0.2, 0.25) is 0 Å². The van der Waals surface area contributed by atoms with E-state index < -0.39 is 0 Å². The number of aliphatic hydroxyl groups is 1. The average Bonchev–Trinajstić information content (AvgIpc) is 2.69. The molecule has 0 aliphatic carbocycles. The fourth-order valence-corrected chi connectivity index (χ4v) is 2.69. The fourth-order valence-electron chi connectivity index (χ4n) is 1.69. The van der Waals surface area contributed by atoms with E-state index in [2.05, 4.69) is 41.6 Å². The maximum atomic E-state index is 8.80. The fraction of sp³-hybridized carbons (Fsp3) is 0.333. The molecule has 0 atom stereocenters. The first kappa shape index (κ1) is 10.5. The van der Waals surface area contributed by atoms with Crippen LogP contribution in [0.25, 0.3) is 10.1 Å². The topological polar surface area (TPSA) is 23.5 Å². The summed E-state index contributed by atoms with van der Waals surface area (Å²) in [5.74, 6) is 0. The normalized spacial score (nSPS) is 10.8. The van der Waals surface area contributed by atoms with Crippen molar-refractivity contribution >= 4 is 27.1 Å². The first-order valence-corrected chi connectivity index (χ1v) is 5.99. The van der Waals surface area contributed by atoms with Crippen molar-refractivity contribution in [2.45, 2.75) is 6.42 Å². The number of anilines is 1. The minimum Gasteiger partial charge on any atom is -0.396 e. The van der Waals surface area contributed by atoms with Gasteiger partial charge in [0, 0.05) is 35.7 Å². The molecule has 0 amide bonds. The van der Waals surface area contributed by atoms with Crippen molar-refractivity contribution in [2.24, 2.45) is 0 Å². The molecule has 1 aromatic carbocycles. The minimum absolute atomic E-state index is 0.256. The zero-order chi connectivity index (χ0) is 10.7. The van der Waals surface area contributed by atoms with Gasteiger partial charge in [0.25, 0.3) is 0 Å². The molecule has 0 saturated carbocycles. The third-order valence-corrected chi connectivity index (χ3v) is 3.47. The highest BCUT2D eigenvalue weighted by Crippen LogP contribution is 2.31. The standard InChI is InChI=1S/C12H15NOS/c1-13(7-4-8-14)11-9-15-12-6-3-2-5-10(11)12/h2-3,5-6,9,14H,4,7-8H2,1H3. The third kappa shape index (κ3) is 2.13. The van der Waals surface area contributed by atoms with E-state index in [0.717, 1.165) is 13.0 Å². The number of hydrogen-bond acceptors (Lipinski definition) is 3. The van der Waals surface area contributed by atoms with Gasteiger partial charge in [-0.3, -0.25) is 0 Å². The Labute approximate surface area is 93.8 Å². The monoisotopic (exact) mass is 221 g/mol. The van der Waals surface area contributed by atoms with Crippen molar-refractivity contribution in [1.82, 2.24) is 0 Å². The van der Waals surface area contributed by atoms with Gasteiger partial charge in [0.15, 0.2) is 0 Å². The second-order valence-corrected chi connectivity index (χ2v) is 4.53. The first-order chi connectivity index (χ1) is 7.33. The second kappa shape index (κ2) is 4.64. The summed E-state index contributed by atoms with van der Waals surface area (Å²) in [5, 5.41) is 12.3. The molecule has 0 saturated heterocycles. The van der Waals surface area contributed by atoms with Crippen LogP contribution in [-0.4, -0.2) is 25.3 Å². The Kier molecular flexibility index (Phi) is 3.23. The number of nitrogens with zero attached hydrogens (tertiary/aromatic N) is 1. The van der Waals surface area contributed by atoms with E-state index in [1.165, 1.54) is 15.8 Å². The Bertz CT molecular complexity index is 438. The summed E-state index contributed by atoms with van der Waals surface area (Å²) in [6.45, 7) is 1.16. The van der Waals surface area contributed by atoms with Crippen molar-refractivity contribution in [1.29, 1.82) is 0 Å². The van der Waals surface area contributed by atoms with Crippen LogP contribution in [0.4, 0.5) is 5.69 Å². The van der Waals surface area contributed by atoms with Crippen molar-refractivity contribution in [2.75, 3.05) is 25.1 Å². The maximum Gasteiger partial charge on any atom is 0.0552 e. The van der Waals surface area contributed by atoms with E-state index in [4.69, 9.17) is 5.11 Å². The lowest BCUT2D eigenvalue weighted by atomic mass is 10.2. The van der Waals surface area contributed by atoms with Gasteiger partial charge < -0.3 is 10.0 Å². The van der Waals surface area contributed by atoms with E-state index >= 15 is 0 Å². The predicted molar refractivity (Wildman–Crippen MR) is 66.8 cm³/mol. The number of fused-ring (bicyclic) bond motifs is 1. The van der Waals surface area contributed by atoms with Gasteiger partial charge in [-0.2, -0.15) is 0 Å². The number of rotatable bonds is 4. The molecule has 0 radical (unpaired) electrons. The molecule has 1 heterocycles. The molecule has 15 heavy (non-hydrogen) atoms. The van der Waals surface area contributed by atoms with Crippen LogP contribution in [-0.2, 0) is 0 Å². The Morgan fingerprint density at radius 3 is 2.93 bits per heavy atom. The summed E-state index contributed by atoms with van der Waals surface area (Å²) >= 11 is 1.77. The van der Waals surface area contributed by atoms with Crippen LogP contribution in [0.15, 0.2) is 29.6 Å². The zero-order valence-corrected chi connectivity index (χ0v) is 9.63. The molecule has 2 aromatic rings. The van der Waals surface area contributed by atoms with Gasteiger partial charge in [-0.15, -0.1) is 11.3 Å². The molecule has 0 bridgehead atoms. The van der Waals surface area contributed by atoms with Crippen molar-refractivity contribution < 1.29 is 5.11 Å². The molecule has 0 unspecified atom stereocenters. The predicted octanol–water partition coefficient (Wildman–Crippen LogP) is 2.72. The van der Waals surface area contributed by atoms with Crippen LogP contribution in [0.1, 0.15) is 6.42 Å². The lowest BCUT2D eigenvalue weighted by Gasteiger charge is -2.17. The van der Waals surface area contributed by atoms with Gasteiger partial charge in [0.1, 0.15) is 0 Å². The molecule has 1 N–H and O–H groups in total. The zero-order valence-electron chi connectivity index (χ0n) is 8.81. The Hall–Kier alpha value is -1.06. The molecule has 0 spiro atoms. The van der Waals surface area contributed by atoms with Gasteiger partial charge in [-0.1, -0.05) is 18.2 Å².